The Balaban J connectivity index is 1.62. The van der Waals surface area contributed by atoms with Crippen LogP contribution < -0.4 is 10.1 Å². The van der Waals surface area contributed by atoms with E-state index in [0.717, 1.165) is 25.3 Å². The third-order valence-electron chi connectivity index (χ3n) is 3.02. The SMILES string of the molecule is CNCC1CC(Oc2ccc3nnnn3n2)C1. The topological polar surface area (TPSA) is 77.2 Å². The van der Waals surface area contributed by atoms with Crippen LogP contribution in [0.4, 0.5) is 0 Å². The van der Waals surface area contributed by atoms with Crippen LogP contribution in [-0.4, -0.2) is 45.0 Å². The van der Waals surface area contributed by atoms with Gasteiger partial charge in [-0.1, -0.05) is 0 Å². The Morgan fingerprint density at radius 3 is 3.18 bits per heavy atom. The van der Waals surface area contributed by atoms with Crippen molar-refractivity contribution in [1.29, 1.82) is 0 Å². The normalized spacial score (nSPS) is 23.6. The third kappa shape index (κ3) is 2.05. The highest BCUT2D eigenvalue weighted by molar-refractivity contribution is 5.34. The minimum absolute atomic E-state index is 0.273. The van der Waals surface area contributed by atoms with Gasteiger partial charge in [0, 0.05) is 6.07 Å². The van der Waals surface area contributed by atoms with Gasteiger partial charge in [-0.15, -0.1) is 14.8 Å². The van der Waals surface area contributed by atoms with E-state index in [1.54, 1.807) is 12.1 Å². The van der Waals surface area contributed by atoms with Crippen molar-refractivity contribution in [3.8, 4) is 5.88 Å². The van der Waals surface area contributed by atoms with Gasteiger partial charge < -0.3 is 10.1 Å². The molecule has 0 aliphatic heterocycles. The number of hydrogen-bond donors (Lipinski definition) is 1. The monoisotopic (exact) mass is 234 g/mol. The Morgan fingerprint density at radius 2 is 2.35 bits per heavy atom. The van der Waals surface area contributed by atoms with Crippen molar-refractivity contribution in [1.82, 2.24) is 30.6 Å². The Hall–Kier alpha value is -1.76. The summed E-state index contributed by atoms with van der Waals surface area (Å²) in [6.07, 6.45) is 2.43. The van der Waals surface area contributed by atoms with E-state index in [1.165, 1.54) is 4.63 Å². The quantitative estimate of drug-likeness (QED) is 0.795. The summed E-state index contributed by atoms with van der Waals surface area (Å²) in [7, 11) is 1.97. The van der Waals surface area contributed by atoms with E-state index in [2.05, 4.69) is 25.9 Å². The van der Waals surface area contributed by atoms with Crippen LogP contribution in [0.3, 0.4) is 0 Å². The summed E-state index contributed by atoms with van der Waals surface area (Å²) in [5, 5.41) is 18.4. The first kappa shape index (κ1) is 10.4. The van der Waals surface area contributed by atoms with Crippen LogP contribution in [0, 0.1) is 5.92 Å². The fraction of sp³-hybridized carbons (Fsp3) is 0.600. The molecule has 0 spiro atoms. The molecule has 1 aliphatic carbocycles. The first-order valence-electron chi connectivity index (χ1n) is 5.72. The van der Waals surface area contributed by atoms with Gasteiger partial charge in [0.1, 0.15) is 6.10 Å². The maximum absolute atomic E-state index is 5.75. The van der Waals surface area contributed by atoms with Crippen LogP contribution in [0.1, 0.15) is 12.8 Å². The standard InChI is InChI=1S/C10H14N6O/c1-11-6-7-4-8(5-7)17-10-3-2-9-12-14-15-16(9)13-10/h2-3,7-8,11H,4-6H2,1H3. The first-order chi connectivity index (χ1) is 8.35. The van der Waals surface area contributed by atoms with Crippen LogP contribution in [0.25, 0.3) is 5.65 Å². The average molecular weight is 234 g/mol. The minimum Gasteiger partial charge on any atom is -0.473 e. The number of tetrazole rings is 1. The van der Waals surface area contributed by atoms with Crippen LogP contribution in [0.15, 0.2) is 12.1 Å². The van der Waals surface area contributed by atoms with Crippen LogP contribution in [0.5, 0.6) is 5.88 Å². The lowest BCUT2D eigenvalue weighted by atomic mass is 9.82. The van der Waals surface area contributed by atoms with E-state index in [-0.39, 0.29) is 6.10 Å². The molecule has 0 bridgehead atoms. The lowest BCUT2D eigenvalue weighted by Gasteiger charge is -2.34. The lowest BCUT2D eigenvalue weighted by Crippen LogP contribution is -2.38. The zero-order valence-corrected chi connectivity index (χ0v) is 9.58. The fourth-order valence-corrected chi connectivity index (χ4v) is 2.09. The summed E-state index contributed by atoms with van der Waals surface area (Å²) in [6.45, 7) is 1.05. The number of aromatic nitrogens is 5. The predicted octanol–water partition coefficient (Wildman–Crippen LogP) is -0.104. The minimum atomic E-state index is 0.273. The van der Waals surface area contributed by atoms with E-state index in [0.29, 0.717) is 11.5 Å². The highest BCUT2D eigenvalue weighted by atomic mass is 16.5. The molecule has 0 aromatic carbocycles. The van der Waals surface area contributed by atoms with Crippen molar-refractivity contribution in [2.45, 2.75) is 18.9 Å². The first-order valence-corrected chi connectivity index (χ1v) is 5.72. The van der Waals surface area contributed by atoms with E-state index in [9.17, 15) is 0 Å². The second kappa shape index (κ2) is 4.25. The Morgan fingerprint density at radius 1 is 1.47 bits per heavy atom. The van der Waals surface area contributed by atoms with Crippen LogP contribution >= 0.6 is 0 Å². The summed E-state index contributed by atoms with van der Waals surface area (Å²) in [6, 6.07) is 3.60. The van der Waals surface area contributed by atoms with Gasteiger partial charge in [0.05, 0.1) is 0 Å². The van der Waals surface area contributed by atoms with Crippen LogP contribution in [-0.2, 0) is 0 Å². The van der Waals surface area contributed by atoms with E-state index in [4.69, 9.17) is 4.74 Å². The van der Waals surface area contributed by atoms with Gasteiger partial charge in [0.25, 0.3) is 0 Å². The number of rotatable bonds is 4. The molecule has 1 aliphatic rings. The van der Waals surface area contributed by atoms with Crippen molar-refractivity contribution >= 4 is 5.65 Å². The summed E-state index contributed by atoms with van der Waals surface area (Å²) < 4.78 is 7.12. The smallest absolute Gasteiger partial charge is 0.233 e. The molecule has 2 aromatic rings. The molecule has 0 atom stereocenters. The van der Waals surface area contributed by atoms with Crippen molar-refractivity contribution in [2.24, 2.45) is 5.92 Å². The van der Waals surface area contributed by atoms with Gasteiger partial charge in [-0.25, -0.2) is 0 Å². The molecular formula is C10H14N6O. The Bertz CT molecular complexity index is 506. The number of fused-ring (bicyclic) bond motifs is 1. The number of hydrogen-bond acceptors (Lipinski definition) is 6. The summed E-state index contributed by atoms with van der Waals surface area (Å²) >= 11 is 0. The fourth-order valence-electron chi connectivity index (χ4n) is 2.09. The average Bonchev–Trinajstić information content (AvgIpc) is 2.73. The number of ether oxygens (including phenoxy) is 1. The second-order valence-electron chi connectivity index (χ2n) is 4.33. The molecule has 1 fully saturated rings. The second-order valence-corrected chi connectivity index (χ2v) is 4.33. The van der Waals surface area contributed by atoms with Gasteiger partial charge >= 0.3 is 0 Å². The molecule has 7 nitrogen and oxygen atoms in total. The summed E-state index contributed by atoms with van der Waals surface area (Å²) in [5.41, 5.74) is 0.624. The molecule has 0 saturated heterocycles. The molecule has 1 N–H and O–H groups in total. The molecule has 1 saturated carbocycles. The maximum Gasteiger partial charge on any atom is 0.233 e. The lowest BCUT2D eigenvalue weighted by molar-refractivity contribution is 0.0603. The molecule has 90 valence electrons. The van der Waals surface area contributed by atoms with Gasteiger partial charge in [-0.3, -0.25) is 0 Å². The van der Waals surface area contributed by atoms with Crippen molar-refractivity contribution in [3.63, 3.8) is 0 Å². The molecule has 0 unspecified atom stereocenters. The van der Waals surface area contributed by atoms with Crippen molar-refractivity contribution in [3.05, 3.63) is 12.1 Å². The van der Waals surface area contributed by atoms with Gasteiger partial charge in [-0.05, 0) is 48.8 Å². The van der Waals surface area contributed by atoms with E-state index >= 15 is 0 Å². The molecule has 17 heavy (non-hydrogen) atoms. The maximum atomic E-state index is 5.75. The van der Waals surface area contributed by atoms with Gasteiger partial charge in [0.2, 0.25) is 5.88 Å². The van der Waals surface area contributed by atoms with Crippen molar-refractivity contribution < 1.29 is 4.74 Å². The predicted molar refractivity (Wildman–Crippen MR) is 59.6 cm³/mol. The highest BCUT2D eigenvalue weighted by Crippen LogP contribution is 2.30. The number of nitrogens with one attached hydrogen (secondary N) is 1. The van der Waals surface area contributed by atoms with Gasteiger partial charge in [0.15, 0.2) is 5.65 Å². The molecular weight excluding hydrogens is 220 g/mol. The Kier molecular flexibility index (Phi) is 2.60. The van der Waals surface area contributed by atoms with E-state index in [1.807, 2.05) is 7.05 Å². The Labute approximate surface area is 98.1 Å². The largest absolute Gasteiger partial charge is 0.473 e. The summed E-state index contributed by atoms with van der Waals surface area (Å²) in [5.74, 6) is 1.31. The third-order valence-corrected chi connectivity index (χ3v) is 3.02. The number of nitrogens with zero attached hydrogens (tertiary/aromatic N) is 5. The molecule has 2 heterocycles. The van der Waals surface area contributed by atoms with Gasteiger partial charge in [-0.2, -0.15) is 0 Å². The van der Waals surface area contributed by atoms with Crippen molar-refractivity contribution in [2.75, 3.05) is 13.6 Å². The molecule has 0 amide bonds. The molecule has 2 aromatic heterocycles. The zero-order valence-electron chi connectivity index (χ0n) is 9.58. The molecule has 3 rings (SSSR count). The molecule has 0 radical (unpaired) electrons. The zero-order chi connectivity index (χ0) is 11.7. The van der Waals surface area contributed by atoms with E-state index < -0.39 is 0 Å². The van der Waals surface area contributed by atoms with Crippen LogP contribution in [0.2, 0.25) is 0 Å². The highest BCUT2D eigenvalue weighted by Gasteiger charge is 2.30. The molecule has 7 heteroatoms. The summed E-state index contributed by atoms with van der Waals surface area (Å²) in [4.78, 5) is 0.